The first kappa shape index (κ1) is 18.3. The third-order valence-electron chi connectivity index (χ3n) is 2.71. The van der Waals surface area contributed by atoms with E-state index in [1.54, 1.807) is 23.6 Å². The molecule has 0 fully saturated rings. The molecule has 0 aliphatic rings. The van der Waals surface area contributed by atoms with Crippen LogP contribution in [0, 0.1) is 0 Å². The maximum Gasteiger partial charge on any atom is 0.325 e. The van der Waals surface area contributed by atoms with Gasteiger partial charge in [0, 0.05) is 5.02 Å². The Morgan fingerprint density at radius 3 is 2.62 bits per heavy atom. The van der Waals surface area contributed by atoms with Crippen molar-refractivity contribution in [3.8, 4) is 0 Å². The van der Waals surface area contributed by atoms with Crippen LogP contribution in [0.25, 0.3) is 0 Å². The minimum atomic E-state index is -0.725. The molecular weight excluding hydrogens is 375 g/mol. The van der Waals surface area contributed by atoms with E-state index in [0.717, 1.165) is 0 Å². The lowest BCUT2D eigenvalue weighted by Gasteiger charge is -2.08. The van der Waals surface area contributed by atoms with Gasteiger partial charge in [-0.05, 0) is 29.6 Å². The van der Waals surface area contributed by atoms with E-state index >= 15 is 0 Å². The highest BCUT2D eigenvalue weighted by molar-refractivity contribution is 7.12. The topological polar surface area (TPSA) is 84.5 Å². The number of benzene rings is 1. The lowest BCUT2D eigenvalue weighted by molar-refractivity contribution is -0.146. The van der Waals surface area contributed by atoms with Gasteiger partial charge in [-0.3, -0.25) is 14.4 Å². The van der Waals surface area contributed by atoms with Crippen LogP contribution in [0.2, 0.25) is 10.0 Å². The Labute approximate surface area is 151 Å². The van der Waals surface area contributed by atoms with Crippen molar-refractivity contribution >= 4 is 58.0 Å². The fraction of sp³-hybridized carbons (Fsp3) is 0.133. The molecule has 2 aromatic rings. The Kier molecular flexibility index (Phi) is 6.60. The summed E-state index contributed by atoms with van der Waals surface area (Å²) in [7, 11) is 0. The zero-order chi connectivity index (χ0) is 17.5. The molecule has 0 aliphatic heterocycles. The molecule has 0 radical (unpaired) electrons. The van der Waals surface area contributed by atoms with E-state index in [0.29, 0.717) is 15.6 Å². The number of halogens is 2. The lowest BCUT2D eigenvalue weighted by Crippen LogP contribution is -2.31. The number of carbonyl (C=O) groups is 3. The van der Waals surface area contributed by atoms with Crippen LogP contribution in [0.3, 0.4) is 0 Å². The van der Waals surface area contributed by atoms with Crippen molar-refractivity contribution in [3.05, 3.63) is 50.6 Å². The molecule has 126 valence electrons. The zero-order valence-corrected chi connectivity index (χ0v) is 14.5. The number of nitrogens with one attached hydrogen (secondary N) is 2. The zero-order valence-electron chi connectivity index (χ0n) is 12.2. The normalized spacial score (nSPS) is 10.1. The molecule has 1 aromatic carbocycles. The second kappa shape index (κ2) is 8.68. The Bertz CT molecular complexity index is 750. The Morgan fingerprint density at radius 1 is 1.17 bits per heavy atom. The predicted molar refractivity (Wildman–Crippen MR) is 92.7 cm³/mol. The number of rotatable bonds is 6. The first-order valence-corrected chi connectivity index (χ1v) is 8.31. The molecule has 0 atom stereocenters. The molecule has 0 aliphatic carbocycles. The molecule has 1 aromatic heterocycles. The first-order valence-electron chi connectivity index (χ1n) is 6.68. The van der Waals surface area contributed by atoms with Crippen molar-refractivity contribution in [3.63, 3.8) is 0 Å². The number of esters is 1. The number of thiophene rings is 1. The molecule has 24 heavy (non-hydrogen) atoms. The van der Waals surface area contributed by atoms with Crippen LogP contribution in [0.4, 0.5) is 5.69 Å². The van der Waals surface area contributed by atoms with Crippen LogP contribution in [0.1, 0.15) is 9.67 Å². The molecule has 0 saturated heterocycles. The SMILES string of the molecule is O=C(COC(=O)CNC(=O)c1cccs1)Nc1ccc(Cl)cc1Cl. The van der Waals surface area contributed by atoms with E-state index in [2.05, 4.69) is 10.6 Å². The van der Waals surface area contributed by atoms with Crippen molar-refractivity contribution in [1.29, 1.82) is 0 Å². The van der Waals surface area contributed by atoms with Crippen LogP contribution in [-0.4, -0.2) is 30.9 Å². The van der Waals surface area contributed by atoms with E-state index in [4.69, 9.17) is 27.9 Å². The summed E-state index contributed by atoms with van der Waals surface area (Å²) in [6.45, 7) is -0.821. The van der Waals surface area contributed by atoms with E-state index in [9.17, 15) is 14.4 Å². The van der Waals surface area contributed by atoms with Crippen LogP contribution < -0.4 is 10.6 Å². The van der Waals surface area contributed by atoms with Crippen LogP contribution >= 0.6 is 34.5 Å². The number of carbonyl (C=O) groups excluding carboxylic acids is 3. The van der Waals surface area contributed by atoms with Gasteiger partial charge < -0.3 is 15.4 Å². The van der Waals surface area contributed by atoms with Gasteiger partial charge in [-0.25, -0.2) is 0 Å². The summed E-state index contributed by atoms with van der Waals surface area (Å²) in [6.07, 6.45) is 0. The summed E-state index contributed by atoms with van der Waals surface area (Å²) in [5, 5.41) is 7.35. The monoisotopic (exact) mass is 386 g/mol. The second-order valence-electron chi connectivity index (χ2n) is 4.49. The maximum absolute atomic E-state index is 11.7. The molecule has 2 rings (SSSR count). The van der Waals surface area contributed by atoms with Crippen molar-refractivity contribution in [2.45, 2.75) is 0 Å². The largest absolute Gasteiger partial charge is 0.454 e. The first-order chi connectivity index (χ1) is 11.5. The highest BCUT2D eigenvalue weighted by Gasteiger charge is 2.12. The van der Waals surface area contributed by atoms with Gasteiger partial charge in [-0.15, -0.1) is 11.3 Å². The molecule has 6 nitrogen and oxygen atoms in total. The average molecular weight is 387 g/mol. The van der Waals surface area contributed by atoms with Gasteiger partial charge in [-0.2, -0.15) is 0 Å². The van der Waals surface area contributed by atoms with Crippen LogP contribution in [-0.2, 0) is 14.3 Å². The van der Waals surface area contributed by atoms with Gasteiger partial charge in [0.05, 0.1) is 15.6 Å². The van der Waals surface area contributed by atoms with Gasteiger partial charge in [0.2, 0.25) is 0 Å². The Morgan fingerprint density at radius 2 is 1.96 bits per heavy atom. The van der Waals surface area contributed by atoms with Gasteiger partial charge >= 0.3 is 5.97 Å². The summed E-state index contributed by atoms with van der Waals surface area (Å²) in [6, 6.07) is 7.93. The molecular formula is C15H12Cl2N2O4S. The molecule has 2 N–H and O–H groups in total. The Hall–Kier alpha value is -2.09. The Balaban J connectivity index is 1.73. The minimum absolute atomic E-state index is 0.269. The van der Waals surface area contributed by atoms with E-state index in [1.807, 2.05) is 0 Å². The van der Waals surface area contributed by atoms with E-state index in [1.165, 1.54) is 23.5 Å². The summed E-state index contributed by atoms with van der Waals surface area (Å²) >= 11 is 12.9. The number of amides is 2. The number of anilines is 1. The third-order valence-corrected chi connectivity index (χ3v) is 4.12. The number of ether oxygens (including phenoxy) is 1. The number of hydrogen-bond donors (Lipinski definition) is 2. The second-order valence-corrected chi connectivity index (χ2v) is 6.28. The van der Waals surface area contributed by atoms with Crippen LogP contribution in [0.15, 0.2) is 35.7 Å². The van der Waals surface area contributed by atoms with Gasteiger partial charge in [0.25, 0.3) is 11.8 Å². The average Bonchev–Trinajstić information content (AvgIpc) is 3.08. The van der Waals surface area contributed by atoms with Crippen molar-refractivity contribution in [2.75, 3.05) is 18.5 Å². The third kappa shape index (κ3) is 5.52. The molecule has 0 saturated carbocycles. The predicted octanol–water partition coefficient (Wildman–Crippen LogP) is 2.97. The summed E-state index contributed by atoms with van der Waals surface area (Å²) in [5.41, 5.74) is 0.355. The van der Waals surface area contributed by atoms with Gasteiger partial charge in [-0.1, -0.05) is 29.3 Å². The minimum Gasteiger partial charge on any atom is -0.454 e. The molecule has 1 heterocycles. The smallest absolute Gasteiger partial charge is 0.325 e. The summed E-state index contributed by atoms with van der Waals surface area (Å²) in [5.74, 6) is -1.66. The number of hydrogen-bond acceptors (Lipinski definition) is 5. The highest BCUT2D eigenvalue weighted by Crippen LogP contribution is 2.25. The lowest BCUT2D eigenvalue weighted by atomic mass is 10.3. The van der Waals surface area contributed by atoms with Gasteiger partial charge in [0.15, 0.2) is 6.61 Å². The fourth-order valence-corrected chi connectivity index (χ4v) is 2.72. The molecule has 0 spiro atoms. The summed E-state index contributed by atoms with van der Waals surface area (Å²) < 4.78 is 4.78. The quantitative estimate of drug-likeness (QED) is 0.747. The fourth-order valence-electron chi connectivity index (χ4n) is 1.62. The van der Waals surface area contributed by atoms with Crippen molar-refractivity contribution in [1.82, 2.24) is 5.32 Å². The maximum atomic E-state index is 11.7. The van der Waals surface area contributed by atoms with Crippen molar-refractivity contribution < 1.29 is 19.1 Å². The molecule has 2 amide bonds. The summed E-state index contributed by atoms with van der Waals surface area (Å²) in [4.78, 5) is 35.4. The molecule has 9 heteroatoms. The van der Waals surface area contributed by atoms with Gasteiger partial charge in [0.1, 0.15) is 6.54 Å². The van der Waals surface area contributed by atoms with E-state index in [-0.39, 0.29) is 17.5 Å². The van der Waals surface area contributed by atoms with Crippen LogP contribution in [0.5, 0.6) is 0 Å². The molecule has 0 unspecified atom stereocenters. The van der Waals surface area contributed by atoms with E-state index < -0.39 is 18.5 Å². The highest BCUT2D eigenvalue weighted by atomic mass is 35.5. The standard InChI is InChI=1S/C15H12Cl2N2O4S/c16-9-3-4-11(10(17)6-9)19-13(20)8-23-14(21)7-18-15(22)12-2-1-5-24-12/h1-6H,7-8H2,(H,18,22)(H,19,20). The van der Waals surface area contributed by atoms with Crippen molar-refractivity contribution in [2.24, 2.45) is 0 Å². The molecule has 0 bridgehead atoms.